The van der Waals surface area contributed by atoms with Crippen LogP contribution in [0, 0.1) is 10.1 Å². The molecule has 1 saturated heterocycles. The molecule has 1 amide bonds. The molecule has 0 radical (unpaired) electrons. The Balaban J connectivity index is 1.52. The highest BCUT2D eigenvalue weighted by atomic mass is 16.6. The van der Waals surface area contributed by atoms with Gasteiger partial charge in [-0.25, -0.2) is 0 Å². The Kier molecular flexibility index (Phi) is 6.99. The molecule has 0 saturated carbocycles. The van der Waals surface area contributed by atoms with Crippen LogP contribution in [0.3, 0.4) is 0 Å². The molecule has 0 unspecified atom stereocenters. The van der Waals surface area contributed by atoms with Gasteiger partial charge >= 0.3 is 5.69 Å². The third-order valence-corrected chi connectivity index (χ3v) is 4.61. The molecule has 154 valence electrons. The number of benzene rings is 2. The monoisotopic (exact) mass is 402 g/mol. The number of anilines is 1. The zero-order valence-corrected chi connectivity index (χ0v) is 16.2. The molecule has 0 atom stereocenters. The average Bonchev–Trinajstić information content (AvgIpc) is 2.74. The van der Waals surface area contributed by atoms with E-state index >= 15 is 0 Å². The van der Waals surface area contributed by atoms with Gasteiger partial charge in [-0.15, -0.1) is 0 Å². The van der Waals surface area contributed by atoms with Crippen molar-refractivity contribution in [1.29, 1.82) is 0 Å². The molecule has 1 heterocycles. The highest BCUT2D eigenvalue weighted by molar-refractivity contribution is 5.91. The number of methoxy groups -OCH3 is 1. The number of hydrogen-bond donors (Lipinski definition) is 2. The molecular formula is C20H24N3O6+. The van der Waals surface area contributed by atoms with Crippen LogP contribution in [0.15, 0.2) is 42.5 Å². The van der Waals surface area contributed by atoms with Crippen LogP contribution in [-0.4, -0.2) is 50.9 Å². The van der Waals surface area contributed by atoms with E-state index in [1.165, 1.54) is 35.8 Å². The first-order valence-electron chi connectivity index (χ1n) is 9.30. The van der Waals surface area contributed by atoms with Gasteiger partial charge < -0.3 is 24.4 Å². The lowest BCUT2D eigenvalue weighted by atomic mass is 10.2. The van der Waals surface area contributed by atoms with Crippen molar-refractivity contribution < 1.29 is 28.8 Å². The molecule has 2 aromatic carbocycles. The van der Waals surface area contributed by atoms with Gasteiger partial charge in [0.15, 0.2) is 12.4 Å². The van der Waals surface area contributed by atoms with Gasteiger partial charge in [-0.05, 0) is 24.3 Å². The fraction of sp³-hybridized carbons (Fsp3) is 0.350. The zero-order valence-electron chi connectivity index (χ0n) is 16.2. The molecule has 1 aliphatic rings. The Morgan fingerprint density at radius 3 is 2.59 bits per heavy atom. The summed E-state index contributed by atoms with van der Waals surface area (Å²) in [4.78, 5) is 24.2. The molecule has 0 aliphatic carbocycles. The van der Waals surface area contributed by atoms with Gasteiger partial charge in [0.2, 0.25) is 0 Å². The second-order valence-corrected chi connectivity index (χ2v) is 6.66. The maximum atomic E-state index is 12.1. The van der Waals surface area contributed by atoms with Crippen molar-refractivity contribution >= 4 is 17.3 Å². The summed E-state index contributed by atoms with van der Waals surface area (Å²) in [5.74, 6) is -0.0519. The molecule has 0 bridgehead atoms. The minimum atomic E-state index is -0.578. The summed E-state index contributed by atoms with van der Waals surface area (Å²) in [6.07, 6.45) is 0. The number of nitrogens with zero attached hydrogens (tertiary/aromatic N) is 1. The number of ether oxygens (including phenoxy) is 3. The average molecular weight is 402 g/mol. The van der Waals surface area contributed by atoms with Crippen LogP contribution in [0.4, 0.5) is 11.4 Å². The van der Waals surface area contributed by atoms with Crippen molar-refractivity contribution in [2.75, 3.05) is 45.3 Å². The fourth-order valence-electron chi connectivity index (χ4n) is 3.06. The molecule has 1 aliphatic heterocycles. The number of nitro benzene ring substituents is 1. The van der Waals surface area contributed by atoms with Crippen molar-refractivity contribution in [2.24, 2.45) is 0 Å². The van der Waals surface area contributed by atoms with Crippen LogP contribution in [0.25, 0.3) is 0 Å². The van der Waals surface area contributed by atoms with E-state index in [1.54, 1.807) is 0 Å². The molecule has 0 spiro atoms. The number of hydrogen-bond acceptors (Lipinski definition) is 6. The SMILES string of the molecule is COc1ccc(OCC(=O)Nc2ccc(C[NH+]3CCOCC3)cc2)c([N+](=O)[O-])c1. The number of quaternary nitrogens is 1. The second kappa shape index (κ2) is 9.85. The molecular weight excluding hydrogens is 378 g/mol. The van der Waals surface area contributed by atoms with Gasteiger partial charge in [0.25, 0.3) is 5.91 Å². The number of amides is 1. The highest BCUT2D eigenvalue weighted by Crippen LogP contribution is 2.30. The van der Waals surface area contributed by atoms with Crippen molar-refractivity contribution in [2.45, 2.75) is 6.54 Å². The van der Waals surface area contributed by atoms with Crippen molar-refractivity contribution in [1.82, 2.24) is 0 Å². The van der Waals surface area contributed by atoms with Crippen LogP contribution in [0.1, 0.15) is 5.56 Å². The maximum absolute atomic E-state index is 12.1. The first-order valence-corrected chi connectivity index (χ1v) is 9.30. The van der Waals surface area contributed by atoms with Gasteiger partial charge in [-0.1, -0.05) is 12.1 Å². The Hall–Kier alpha value is -3.17. The molecule has 1 fully saturated rings. The van der Waals surface area contributed by atoms with E-state index in [0.29, 0.717) is 11.4 Å². The molecule has 29 heavy (non-hydrogen) atoms. The first-order chi connectivity index (χ1) is 14.0. The third kappa shape index (κ3) is 5.90. The third-order valence-electron chi connectivity index (χ3n) is 4.61. The zero-order chi connectivity index (χ0) is 20.6. The van der Waals surface area contributed by atoms with Crippen molar-refractivity contribution in [3.63, 3.8) is 0 Å². The molecule has 0 aromatic heterocycles. The first kappa shape index (κ1) is 20.6. The minimum Gasteiger partial charge on any atom is -0.496 e. The molecule has 9 nitrogen and oxygen atoms in total. The number of morpholine rings is 1. The number of carbonyl (C=O) groups is 1. The van der Waals surface area contributed by atoms with E-state index in [0.717, 1.165) is 32.8 Å². The lowest BCUT2D eigenvalue weighted by Crippen LogP contribution is -3.12. The van der Waals surface area contributed by atoms with E-state index < -0.39 is 10.8 Å². The van der Waals surface area contributed by atoms with E-state index in [4.69, 9.17) is 14.2 Å². The number of rotatable bonds is 8. The molecule has 2 aromatic rings. The maximum Gasteiger partial charge on any atom is 0.314 e. The Labute approximate surface area is 168 Å². The number of nitro groups is 1. The van der Waals surface area contributed by atoms with Crippen molar-refractivity contribution in [3.05, 3.63) is 58.1 Å². The van der Waals surface area contributed by atoms with E-state index in [1.807, 2.05) is 24.3 Å². The van der Waals surface area contributed by atoms with E-state index in [-0.39, 0.29) is 18.0 Å². The van der Waals surface area contributed by atoms with Crippen LogP contribution < -0.4 is 19.7 Å². The van der Waals surface area contributed by atoms with Crippen LogP contribution in [-0.2, 0) is 16.1 Å². The van der Waals surface area contributed by atoms with Gasteiger partial charge in [0, 0.05) is 11.3 Å². The van der Waals surface area contributed by atoms with Crippen LogP contribution in [0.2, 0.25) is 0 Å². The highest BCUT2D eigenvalue weighted by Gasteiger charge is 2.18. The van der Waals surface area contributed by atoms with E-state index in [9.17, 15) is 14.9 Å². The lowest BCUT2D eigenvalue weighted by molar-refractivity contribution is -0.921. The normalized spacial score (nSPS) is 14.2. The van der Waals surface area contributed by atoms with Crippen LogP contribution >= 0.6 is 0 Å². The van der Waals surface area contributed by atoms with Gasteiger partial charge in [-0.3, -0.25) is 14.9 Å². The predicted molar refractivity (Wildman–Crippen MR) is 105 cm³/mol. The Morgan fingerprint density at radius 2 is 1.93 bits per heavy atom. The fourth-order valence-corrected chi connectivity index (χ4v) is 3.06. The standard InChI is InChI=1S/C20H23N3O6/c1-27-17-6-7-19(18(12-17)23(25)26)29-14-20(24)21-16-4-2-15(3-5-16)13-22-8-10-28-11-9-22/h2-7,12H,8-11,13-14H2,1H3,(H,21,24)/p+1. The van der Waals surface area contributed by atoms with Gasteiger partial charge in [0.05, 0.1) is 31.3 Å². The topological polar surface area (TPSA) is 104 Å². The minimum absolute atomic E-state index is 0.00906. The molecule has 3 rings (SSSR count). The summed E-state index contributed by atoms with van der Waals surface area (Å²) in [6, 6.07) is 11.8. The lowest BCUT2D eigenvalue weighted by Gasteiger charge is -2.23. The number of nitrogens with one attached hydrogen (secondary N) is 2. The largest absolute Gasteiger partial charge is 0.496 e. The summed E-state index contributed by atoms with van der Waals surface area (Å²) in [6.45, 7) is 4.14. The summed E-state index contributed by atoms with van der Waals surface area (Å²) in [5, 5.41) is 13.9. The quantitative estimate of drug-likeness (QED) is 0.505. The summed E-state index contributed by atoms with van der Waals surface area (Å²) in [5.41, 5.74) is 1.57. The van der Waals surface area contributed by atoms with E-state index in [2.05, 4.69) is 5.32 Å². The second-order valence-electron chi connectivity index (χ2n) is 6.66. The van der Waals surface area contributed by atoms with Gasteiger partial charge in [-0.2, -0.15) is 0 Å². The summed E-state index contributed by atoms with van der Waals surface area (Å²) < 4.78 is 15.7. The summed E-state index contributed by atoms with van der Waals surface area (Å²) >= 11 is 0. The summed E-state index contributed by atoms with van der Waals surface area (Å²) in [7, 11) is 1.42. The Morgan fingerprint density at radius 1 is 1.21 bits per heavy atom. The smallest absolute Gasteiger partial charge is 0.314 e. The number of carbonyl (C=O) groups excluding carboxylic acids is 1. The van der Waals surface area contributed by atoms with Crippen LogP contribution in [0.5, 0.6) is 11.5 Å². The van der Waals surface area contributed by atoms with Gasteiger partial charge in [0.1, 0.15) is 25.4 Å². The van der Waals surface area contributed by atoms with Crippen molar-refractivity contribution in [3.8, 4) is 11.5 Å². The molecule has 9 heteroatoms. The Bertz CT molecular complexity index is 850. The molecule has 2 N–H and O–H groups in total. The predicted octanol–water partition coefficient (Wildman–Crippen LogP) is 1.04.